The van der Waals surface area contributed by atoms with E-state index in [1.807, 2.05) is 0 Å². The van der Waals surface area contributed by atoms with E-state index in [0.29, 0.717) is 6.07 Å². The van der Waals surface area contributed by atoms with E-state index in [-0.39, 0.29) is 63.7 Å². The van der Waals surface area contributed by atoms with Crippen molar-refractivity contribution in [2.45, 2.75) is 6.92 Å². The van der Waals surface area contributed by atoms with Crippen molar-refractivity contribution in [3.05, 3.63) is 36.2 Å². The Balaban J connectivity index is 0.00000256. The Labute approximate surface area is 140 Å². The molecule has 88 valence electrons. The predicted octanol–water partition coefficient (Wildman–Crippen LogP) is -0.161. The first-order valence-electron chi connectivity index (χ1n) is 4.68. The Morgan fingerprint density at radius 1 is 1.29 bits per heavy atom. The van der Waals surface area contributed by atoms with Crippen molar-refractivity contribution in [3.63, 3.8) is 0 Å². The summed E-state index contributed by atoms with van der Waals surface area (Å²) in [6.07, 6.45) is 3.39. The SMILES string of the molecule is CC=CCOc1ccc([B-](F)(F)F)c(F)c1.[K+]. The van der Waals surface area contributed by atoms with E-state index in [9.17, 15) is 17.3 Å². The fourth-order valence-corrected chi connectivity index (χ4v) is 1.10. The van der Waals surface area contributed by atoms with Crippen molar-refractivity contribution in [1.29, 1.82) is 0 Å². The van der Waals surface area contributed by atoms with Gasteiger partial charge in [0.1, 0.15) is 12.4 Å². The van der Waals surface area contributed by atoms with Crippen LogP contribution in [0.25, 0.3) is 0 Å². The maximum absolute atomic E-state index is 13.1. The normalized spacial score (nSPS) is 11.4. The number of rotatable bonds is 4. The smallest absolute Gasteiger partial charge is 0.489 e. The topological polar surface area (TPSA) is 9.23 Å². The summed E-state index contributed by atoms with van der Waals surface area (Å²) in [4.78, 5) is 0. The van der Waals surface area contributed by atoms with Crippen LogP contribution in [0.5, 0.6) is 5.75 Å². The molecule has 0 amide bonds. The van der Waals surface area contributed by atoms with Crippen LogP contribution in [0.15, 0.2) is 30.4 Å². The van der Waals surface area contributed by atoms with E-state index >= 15 is 0 Å². The number of hydrogen-bond donors (Lipinski definition) is 0. The number of hydrogen-bond acceptors (Lipinski definition) is 1. The zero-order chi connectivity index (χ0) is 12.2. The summed E-state index contributed by atoms with van der Waals surface area (Å²) < 4.78 is 54.8. The van der Waals surface area contributed by atoms with Gasteiger partial charge < -0.3 is 17.7 Å². The van der Waals surface area contributed by atoms with Gasteiger partial charge in [0.25, 0.3) is 0 Å². The molecular formula is C10H10BF4KO. The second-order valence-corrected chi connectivity index (χ2v) is 3.14. The first-order chi connectivity index (χ1) is 7.45. The summed E-state index contributed by atoms with van der Waals surface area (Å²) in [5.74, 6) is -1.22. The van der Waals surface area contributed by atoms with Crippen LogP contribution in [0.4, 0.5) is 17.3 Å². The third kappa shape index (κ3) is 5.57. The Morgan fingerprint density at radius 3 is 2.41 bits per heavy atom. The largest absolute Gasteiger partial charge is 1.00 e. The molecular weight excluding hydrogens is 262 g/mol. The number of halogens is 4. The number of allylic oxidation sites excluding steroid dienone is 1. The van der Waals surface area contributed by atoms with E-state index in [1.54, 1.807) is 19.1 Å². The van der Waals surface area contributed by atoms with Crippen LogP contribution in [-0.2, 0) is 0 Å². The molecule has 1 rings (SSSR count). The summed E-state index contributed by atoms with van der Waals surface area (Å²) in [7, 11) is 0. The third-order valence-electron chi connectivity index (χ3n) is 1.91. The third-order valence-corrected chi connectivity index (χ3v) is 1.91. The Morgan fingerprint density at radius 2 is 1.94 bits per heavy atom. The molecule has 0 heterocycles. The molecule has 0 atom stereocenters. The zero-order valence-corrected chi connectivity index (χ0v) is 12.7. The molecule has 0 spiro atoms. The fraction of sp³-hybridized carbons (Fsp3) is 0.200. The quantitative estimate of drug-likeness (QED) is 0.420. The summed E-state index contributed by atoms with van der Waals surface area (Å²) in [6.45, 7) is -3.33. The molecule has 1 aromatic rings. The second-order valence-electron chi connectivity index (χ2n) is 3.14. The Hall–Kier alpha value is 0.181. The number of ether oxygens (including phenoxy) is 1. The maximum atomic E-state index is 13.1. The van der Waals surface area contributed by atoms with Gasteiger partial charge in [0.05, 0.1) is 5.82 Å². The molecule has 1 nitrogen and oxygen atoms in total. The average molecular weight is 272 g/mol. The van der Waals surface area contributed by atoms with E-state index in [1.165, 1.54) is 0 Å². The van der Waals surface area contributed by atoms with Crippen LogP contribution in [0.3, 0.4) is 0 Å². The van der Waals surface area contributed by atoms with Gasteiger partial charge in [-0.3, -0.25) is 0 Å². The standard InChI is InChI=1S/C10H10BF4O.K/c1-2-3-6-16-8-4-5-9(10(12)7-8)11(13,14)15;/h2-5,7H,6H2,1H3;/q-1;+1. The van der Waals surface area contributed by atoms with E-state index < -0.39 is 18.3 Å². The van der Waals surface area contributed by atoms with Crippen molar-refractivity contribution >= 4 is 12.4 Å². The van der Waals surface area contributed by atoms with Gasteiger partial charge in [-0.1, -0.05) is 23.7 Å². The van der Waals surface area contributed by atoms with Crippen molar-refractivity contribution in [3.8, 4) is 5.75 Å². The molecule has 0 radical (unpaired) electrons. The van der Waals surface area contributed by atoms with E-state index in [0.717, 1.165) is 12.1 Å². The Kier molecular flexibility index (Phi) is 7.66. The minimum absolute atomic E-state index is 0. The van der Waals surface area contributed by atoms with Crippen LogP contribution in [0.2, 0.25) is 0 Å². The molecule has 7 heteroatoms. The molecule has 0 bridgehead atoms. The molecule has 0 saturated carbocycles. The summed E-state index contributed by atoms with van der Waals surface area (Å²) in [5.41, 5.74) is -1.22. The molecule has 0 unspecified atom stereocenters. The van der Waals surface area contributed by atoms with Crippen molar-refractivity contribution in [2.75, 3.05) is 6.61 Å². The van der Waals surface area contributed by atoms with Crippen molar-refractivity contribution in [1.82, 2.24) is 0 Å². The second kappa shape index (κ2) is 7.58. The van der Waals surface area contributed by atoms with Crippen molar-refractivity contribution in [2.24, 2.45) is 0 Å². The van der Waals surface area contributed by atoms with Crippen LogP contribution in [-0.4, -0.2) is 13.6 Å². The van der Waals surface area contributed by atoms with Crippen LogP contribution in [0.1, 0.15) is 6.92 Å². The van der Waals surface area contributed by atoms with Gasteiger partial charge in [0.2, 0.25) is 0 Å². The van der Waals surface area contributed by atoms with Gasteiger partial charge in [-0.25, -0.2) is 4.39 Å². The molecule has 0 aliphatic carbocycles. The minimum Gasteiger partial charge on any atom is -0.489 e. The monoisotopic (exact) mass is 272 g/mol. The van der Waals surface area contributed by atoms with E-state index in [4.69, 9.17) is 4.74 Å². The molecule has 0 aliphatic rings. The molecule has 17 heavy (non-hydrogen) atoms. The molecule has 0 N–H and O–H groups in total. The van der Waals surface area contributed by atoms with Gasteiger partial charge in [0, 0.05) is 6.07 Å². The number of benzene rings is 1. The fourth-order valence-electron chi connectivity index (χ4n) is 1.10. The van der Waals surface area contributed by atoms with Gasteiger partial charge in [-0.2, -0.15) is 0 Å². The molecule has 0 saturated heterocycles. The predicted molar refractivity (Wildman–Crippen MR) is 55.4 cm³/mol. The Bertz CT molecular complexity index is 392. The van der Waals surface area contributed by atoms with Gasteiger partial charge >= 0.3 is 58.4 Å². The van der Waals surface area contributed by atoms with Crippen molar-refractivity contribution < 1.29 is 73.5 Å². The van der Waals surface area contributed by atoms with Gasteiger partial charge in [0.15, 0.2) is 0 Å². The van der Waals surface area contributed by atoms with Gasteiger partial charge in [-0.05, 0) is 13.0 Å². The van der Waals surface area contributed by atoms with Gasteiger partial charge in [-0.15, -0.1) is 0 Å². The summed E-state index contributed by atoms with van der Waals surface area (Å²) >= 11 is 0. The van der Waals surface area contributed by atoms with Crippen LogP contribution < -0.4 is 61.6 Å². The molecule has 0 aromatic heterocycles. The molecule has 1 aromatic carbocycles. The molecule has 0 fully saturated rings. The van der Waals surface area contributed by atoms with E-state index in [2.05, 4.69) is 0 Å². The molecule has 0 aliphatic heterocycles. The first-order valence-corrected chi connectivity index (χ1v) is 4.68. The summed E-state index contributed by atoms with van der Waals surface area (Å²) in [6, 6.07) is 2.55. The summed E-state index contributed by atoms with van der Waals surface area (Å²) in [5, 5.41) is 0. The minimum atomic E-state index is -5.31. The van der Waals surface area contributed by atoms with Crippen LogP contribution >= 0.6 is 0 Å². The average Bonchev–Trinajstić information content (AvgIpc) is 2.16. The first kappa shape index (κ1) is 17.2. The van der Waals surface area contributed by atoms with Crippen LogP contribution in [0, 0.1) is 5.82 Å². The maximum Gasteiger partial charge on any atom is 1.00 e. The zero-order valence-electron chi connectivity index (χ0n) is 9.59.